The Morgan fingerprint density at radius 2 is 1.88 bits per heavy atom. The topological polar surface area (TPSA) is 55.1 Å². The Hall–Kier alpha value is -1.35. The second-order valence-corrected chi connectivity index (χ2v) is 4.70. The summed E-state index contributed by atoms with van der Waals surface area (Å²) >= 11 is 0. The van der Waals surface area contributed by atoms with Gasteiger partial charge in [0.1, 0.15) is 0 Å². The Balaban J connectivity index is 1.92. The number of hydrogen-bond donors (Lipinski definition) is 2. The largest absolute Gasteiger partial charge is 0.353 e. The summed E-state index contributed by atoms with van der Waals surface area (Å²) in [4.78, 5) is 11.9. The van der Waals surface area contributed by atoms with Crippen LogP contribution in [0.3, 0.4) is 0 Å². The van der Waals surface area contributed by atoms with Gasteiger partial charge >= 0.3 is 0 Å². The number of nitrogens with two attached hydrogens (primary N) is 1. The third-order valence-electron chi connectivity index (χ3n) is 3.41. The number of hydrogen-bond acceptors (Lipinski definition) is 2. The highest BCUT2D eigenvalue weighted by Gasteiger charge is 2.17. The quantitative estimate of drug-likeness (QED) is 0.831. The number of carbonyl (C=O) groups is 1. The Bertz CT molecular complexity index is 384. The first-order chi connectivity index (χ1) is 8.29. The van der Waals surface area contributed by atoms with Crippen LogP contribution in [-0.4, -0.2) is 11.9 Å². The van der Waals surface area contributed by atoms with Crippen LogP contribution in [0.5, 0.6) is 0 Å². The zero-order chi connectivity index (χ0) is 12.1. The van der Waals surface area contributed by atoms with Gasteiger partial charge in [-0.3, -0.25) is 4.79 Å². The second kappa shape index (κ2) is 5.82. The molecule has 0 spiro atoms. The zero-order valence-electron chi connectivity index (χ0n) is 10.1. The van der Waals surface area contributed by atoms with Crippen LogP contribution < -0.4 is 11.1 Å². The van der Waals surface area contributed by atoms with Gasteiger partial charge in [-0.05, 0) is 24.0 Å². The number of nitrogens with one attached hydrogen (secondary N) is 1. The van der Waals surface area contributed by atoms with E-state index in [9.17, 15) is 4.79 Å². The van der Waals surface area contributed by atoms with Crippen molar-refractivity contribution in [2.24, 2.45) is 5.73 Å². The van der Waals surface area contributed by atoms with Gasteiger partial charge in [-0.25, -0.2) is 0 Å². The van der Waals surface area contributed by atoms with Crippen molar-refractivity contribution in [2.45, 2.75) is 44.7 Å². The summed E-state index contributed by atoms with van der Waals surface area (Å²) in [5.41, 5.74) is 7.77. The Kier molecular flexibility index (Phi) is 4.15. The summed E-state index contributed by atoms with van der Waals surface area (Å²) in [5, 5.41) is 3.10. The van der Waals surface area contributed by atoms with Crippen molar-refractivity contribution in [1.29, 1.82) is 0 Å². The monoisotopic (exact) mass is 232 g/mol. The molecule has 92 valence electrons. The van der Waals surface area contributed by atoms with Crippen LogP contribution in [0, 0.1) is 0 Å². The molecule has 1 saturated carbocycles. The minimum Gasteiger partial charge on any atom is -0.353 e. The van der Waals surface area contributed by atoms with Crippen LogP contribution in [0.15, 0.2) is 24.3 Å². The lowest BCUT2D eigenvalue weighted by Gasteiger charge is -2.13. The minimum absolute atomic E-state index is 0.123. The average molecular weight is 232 g/mol. The van der Waals surface area contributed by atoms with Crippen molar-refractivity contribution >= 4 is 5.91 Å². The molecule has 0 aliphatic heterocycles. The molecule has 1 fully saturated rings. The first-order valence-electron chi connectivity index (χ1n) is 6.36. The molecule has 1 aromatic carbocycles. The maximum absolute atomic E-state index is 11.9. The molecule has 1 aliphatic rings. The van der Waals surface area contributed by atoms with E-state index in [4.69, 9.17) is 5.73 Å². The molecular formula is C14H20N2O. The van der Waals surface area contributed by atoms with Gasteiger partial charge in [0, 0.05) is 12.6 Å². The van der Waals surface area contributed by atoms with Crippen LogP contribution in [0.2, 0.25) is 0 Å². The van der Waals surface area contributed by atoms with Crippen LogP contribution >= 0.6 is 0 Å². The predicted octanol–water partition coefficient (Wildman–Crippen LogP) is 1.75. The summed E-state index contributed by atoms with van der Waals surface area (Å²) in [6.07, 6.45) is 5.19. The molecule has 0 heterocycles. The highest BCUT2D eigenvalue weighted by molar-refractivity contribution is 5.79. The Morgan fingerprint density at radius 1 is 1.24 bits per heavy atom. The van der Waals surface area contributed by atoms with Crippen molar-refractivity contribution in [2.75, 3.05) is 0 Å². The smallest absolute Gasteiger partial charge is 0.224 e. The summed E-state index contributed by atoms with van der Waals surface area (Å²) in [7, 11) is 0. The number of rotatable bonds is 4. The van der Waals surface area contributed by atoms with Crippen LogP contribution in [-0.2, 0) is 17.8 Å². The molecule has 3 heteroatoms. The standard InChI is InChI=1S/C14H20N2O/c15-10-12-6-2-1-5-11(12)9-14(17)16-13-7-3-4-8-13/h1-2,5-6,13H,3-4,7-10,15H2,(H,16,17). The molecule has 0 aromatic heterocycles. The number of carbonyl (C=O) groups excluding carboxylic acids is 1. The van der Waals surface area contributed by atoms with E-state index in [1.807, 2.05) is 24.3 Å². The van der Waals surface area contributed by atoms with E-state index >= 15 is 0 Å². The molecule has 3 nitrogen and oxygen atoms in total. The molecule has 1 aromatic rings. The number of amides is 1. The molecule has 1 aliphatic carbocycles. The maximum atomic E-state index is 11.9. The molecular weight excluding hydrogens is 212 g/mol. The fraction of sp³-hybridized carbons (Fsp3) is 0.500. The van der Waals surface area contributed by atoms with Crippen molar-refractivity contribution in [1.82, 2.24) is 5.32 Å². The van der Waals surface area contributed by atoms with E-state index in [-0.39, 0.29) is 5.91 Å². The van der Waals surface area contributed by atoms with E-state index in [2.05, 4.69) is 5.32 Å². The van der Waals surface area contributed by atoms with Crippen molar-refractivity contribution in [3.05, 3.63) is 35.4 Å². The Morgan fingerprint density at radius 3 is 2.53 bits per heavy atom. The van der Waals surface area contributed by atoms with Gasteiger partial charge in [-0.15, -0.1) is 0 Å². The van der Waals surface area contributed by atoms with Gasteiger partial charge in [0.05, 0.1) is 6.42 Å². The van der Waals surface area contributed by atoms with Crippen molar-refractivity contribution in [3.63, 3.8) is 0 Å². The van der Waals surface area contributed by atoms with E-state index in [0.717, 1.165) is 24.0 Å². The fourth-order valence-corrected chi connectivity index (χ4v) is 2.45. The molecule has 0 saturated heterocycles. The molecule has 0 radical (unpaired) electrons. The van der Waals surface area contributed by atoms with Crippen LogP contribution in [0.1, 0.15) is 36.8 Å². The summed E-state index contributed by atoms with van der Waals surface area (Å²) < 4.78 is 0. The maximum Gasteiger partial charge on any atom is 0.224 e. The molecule has 0 unspecified atom stereocenters. The number of benzene rings is 1. The molecule has 3 N–H and O–H groups in total. The van der Waals surface area contributed by atoms with Crippen molar-refractivity contribution in [3.8, 4) is 0 Å². The first-order valence-corrected chi connectivity index (χ1v) is 6.36. The van der Waals surface area contributed by atoms with E-state index < -0.39 is 0 Å². The SMILES string of the molecule is NCc1ccccc1CC(=O)NC1CCCC1. The van der Waals surface area contributed by atoms with E-state index in [1.54, 1.807) is 0 Å². The van der Waals surface area contributed by atoms with Crippen molar-refractivity contribution < 1.29 is 4.79 Å². The van der Waals surface area contributed by atoms with Gasteiger partial charge < -0.3 is 11.1 Å². The molecule has 2 rings (SSSR count). The normalized spacial score (nSPS) is 16.1. The summed E-state index contributed by atoms with van der Waals surface area (Å²) in [6.45, 7) is 0.493. The predicted molar refractivity (Wildman–Crippen MR) is 68.4 cm³/mol. The lowest BCUT2D eigenvalue weighted by Crippen LogP contribution is -2.33. The Labute approximate surface area is 102 Å². The lowest BCUT2D eigenvalue weighted by atomic mass is 10.0. The van der Waals surface area contributed by atoms with E-state index in [0.29, 0.717) is 19.0 Å². The summed E-state index contributed by atoms with van der Waals surface area (Å²) in [5.74, 6) is 0.123. The fourth-order valence-electron chi connectivity index (χ4n) is 2.45. The highest BCUT2D eigenvalue weighted by atomic mass is 16.1. The zero-order valence-corrected chi connectivity index (χ0v) is 10.1. The second-order valence-electron chi connectivity index (χ2n) is 4.70. The molecule has 0 bridgehead atoms. The molecule has 1 amide bonds. The third-order valence-corrected chi connectivity index (χ3v) is 3.41. The van der Waals surface area contributed by atoms with E-state index in [1.165, 1.54) is 12.8 Å². The first kappa shape index (κ1) is 12.1. The molecule has 17 heavy (non-hydrogen) atoms. The van der Waals surface area contributed by atoms with Gasteiger partial charge in [-0.1, -0.05) is 37.1 Å². The van der Waals surface area contributed by atoms with Crippen LogP contribution in [0.25, 0.3) is 0 Å². The average Bonchev–Trinajstić information content (AvgIpc) is 2.82. The minimum atomic E-state index is 0.123. The lowest BCUT2D eigenvalue weighted by molar-refractivity contribution is -0.121. The van der Waals surface area contributed by atoms with Gasteiger partial charge in [0.15, 0.2) is 0 Å². The van der Waals surface area contributed by atoms with Crippen LogP contribution in [0.4, 0.5) is 0 Å². The third kappa shape index (κ3) is 3.30. The van der Waals surface area contributed by atoms with Gasteiger partial charge in [-0.2, -0.15) is 0 Å². The highest BCUT2D eigenvalue weighted by Crippen LogP contribution is 2.18. The van der Waals surface area contributed by atoms with Gasteiger partial charge in [0.2, 0.25) is 5.91 Å². The molecule has 0 atom stereocenters. The van der Waals surface area contributed by atoms with Gasteiger partial charge in [0.25, 0.3) is 0 Å². The summed E-state index contributed by atoms with van der Waals surface area (Å²) in [6, 6.07) is 8.28.